The third-order valence-corrected chi connectivity index (χ3v) is 5.97. The molecule has 0 spiro atoms. The molecule has 2 nitrogen and oxygen atoms in total. The fourth-order valence-electron chi connectivity index (χ4n) is 5.23. The molecule has 0 aromatic heterocycles. The van der Waals surface area contributed by atoms with Crippen LogP contribution < -0.4 is 10.1 Å². The summed E-state index contributed by atoms with van der Waals surface area (Å²) in [7, 11) is 3.85. The molecule has 0 saturated heterocycles. The van der Waals surface area contributed by atoms with Crippen LogP contribution in [-0.2, 0) is 0 Å². The number of hydrogen-bond acceptors (Lipinski definition) is 2. The van der Waals surface area contributed by atoms with Crippen LogP contribution in [0.4, 0.5) is 0 Å². The van der Waals surface area contributed by atoms with Crippen molar-refractivity contribution in [2.75, 3.05) is 14.2 Å². The molecule has 1 N–H and O–H groups in total. The number of nitrogens with one attached hydrogen (secondary N) is 1. The van der Waals surface area contributed by atoms with E-state index in [9.17, 15) is 0 Å². The summed E-state index contributed by atoms with van der Waals surface area (Å²) >= 11 is 0. The van der Waals surface area contributed by atoms with Crippen molar-refractivity contribution in [2.45, 2.75) is 25.3 Å². The lowest BCUT2D eigenvalue weighted by Gasteiger charge is -2.20. The quantitative estimate of drug-likeness (QED) is 0.894. The maximum Gasteiger partial charge on any atom is 0.118 e. The lowest BCUT2D eigenvalue weighted by Crippen LogP contribution is -2.21. The second kappa shape index (κ2) is 4.24. The number of fused-ring (bicyclic) bond motifs is 5. The molecule has 102 valence electrons. The highest BCUT2D eigenvalue weighted by Crippen LogP contribution is 2.72. The maximum absolute atomic E-state index is 5.26. The van der Waals surface area contributed by atoms with E-state index in [0.717, 1.165) is 35.3 Å². The molecular formula is C17H23NO. The monoisotopic (exact) mass is 257 g/mol. The molecule has 0 heterocycles. The van der Waals surface area contributed by atoms with Crippen molar-refractivity contribution in [3.8, 4) is 5.75 Å². The summed E-state index contributed by atoms with van der Waals surface area (Å²) in [5.74, 6) is 6.00. The van der Waals surface area contributed by atoms with Gasteiger partial charge < -0.3 is 10.1 Å². The first-order chi connectivity index (χ1) is 9.33. The number of benzene rings is 1. The molecule has 3 aliphatic rings. The van der Waals surface area contributed by atoms with E-state index in [4.69, 9.17) is 4.74 Å². The molecule has 19 heavy (non-hydrogen) atoms. The Morgan fingerprint density at radius 3 is 2.26 bits per heavy atom. The van der Waals surface area contributed by atoms with E-state index in [0.29, 0.717) is 6.04 Å². The van der Waals surface area contributed by atoms with Crippen LogP contribution in [0.5, 0.6) is 5.75 Å². The van der Waals surface area contributed by atoms with Crippen LogP contribution in [0.1, 0.15) is 30.9 Å². The van der Waals surface area contributed by atoms with Gasteiger partial charge in [0.1, 0.15) is 5.75 Å². The zero-order valence-electron chi connectivity index (χ0n) is 11.8. The molecule has 1 aromatic rings. The van der Waals surface area contributed by atoms with Crippen LogP contribution in [0.3, 0.4) is 0 Å². The maximum atomic E-state index is 5.26. The first kappa shape index (κ1) is 11.8. The summed E-state index contributed by atoms with van der Waals surface area (Å²) in [5, 5.41) is 3.57. The Bertz CT molecular complexity index is 453. The molecule has 2 bridgehead atoms. The molecule has 5 atom stereocenters. The first-order valence-electron chi connectivity index (χ1n) is 7.64. The van der Waals surface area contributed by atoms with Crippen LogP contribution in [0.2, 0.25) is 0 Å². The van der Waals surface area contributed by atoms with Crippen LogP contribution in [0, 0.1) is 29.6 Å². The fourth-order valence-corrected chi connectivity index (χ4v) is 5.23. The van der Waals surface area contributed by atoms with Crippen molar-refractivity contribution in [2.24, 2.45) is 29.6 Å². The van der Waals surface area contributed by atoms with Crippen molar-refractivity contribution in [1.82, 2.24) is 5.32 Å². The Hall–Kier alpha value is -1.02. The molecule has 2 heteroatoms. The van der Waals surface area contributed by atoms with Gasteiger partial charge in [-0.1, -0.05) is 12.1 Å². The van der Waals surface area contributed by atoms with Gasteiger partial charge in [0.05, 0.1) is 7.11 Å². The van der Waals surface area contributed by atoms with E-state index in [2.05, 4.69) is 36.6 Å². The number of hydrogen-bond donors (Lipinski definition) is 1. The van der Waals surface area contributed by atoms with Gasteiger partial charge in [-0.05, 0) is 73.6 Å². The van der Waals surface area contributed by atoms with Crippen LogP contribution >= 0.6 is 0 Å². The van der Waals surface area contributed by atoms with E-state index >= 15 is 0 Å². The molecule has 5 unspecified atom stereocenters. The topological polar surface area (TPSA) is 21.3 Å². The van der Waals surface area contributed by atoms with Crippen molar-refractivity contribution in [1.29, 1.82) is 0 Å². The average Bonchev–Trinajstić information content (AvgIpc) is 2.88. The molecule has 0 amide bonds. The van der Waals surface area contributed by atoms with Crippen LogP contribution in [0.25, 0.3) is 0 Å². The Morgan fingerprint density at radius 2 is 1.74 bits per heavy atom. The average molecular weight is 257 g/mol. The SMILES string of the molecule is CNC(c1ccc(OC)cc1)C1C2C3CCC(C3)C21. The summed E-state index contributed by atoms with van der Waals surface area (Å²) in [4.78, 5) is 0. The second-order valence-electron chi connectivity index (χ2n) is 6.60. The van der Waals surface area contributed by atoms with Gasteiger partial charge in [-0.2, -0.15) is 0 Å². The molecule has 1 aromatic carbocycles. The van der Waals surface area contributed by atoms with Gasteiger partial charge in [-0.25, -0.2) is 0 Å². The van der Waals surface area contributed by atoms with Crippen molar-refractivity contribution < 1.29 is 4.74 Å². The fraction of sp³-hybridized carbons (Fsp3) is 0.647. The lowest BCUT2D eigenvalue weighted by molar-refractivity contribution is 0.384. The standard InChI is InChI=1S/C17H23NO/c1-18-17(10-5-7-13(19-2)8-6-10)16-14-11-3-4-12(9-11)15(14)16/h5-8,11-12,14-18H,3-4,9H2,1-2H3. The number of methoxy groups -OCH3 is 1. The summed E-state index contributed by atoms with van der Waals surface area (Å²) in [5.41, 5.74) is 1.43. The minimum atomic E-state index is 0.546. The summed E-state index contributed by atoms with van der Waals surface area (Å²) in [6, 6.07) is 9.19. The van der Waals surface area contributed by atoms with Crippen LogP contribution in [0.15, 0.2) is 24.3 Å². The Kier molecular flexibility index (Phi) is 2.63. The van der Waals surface area contributed by atoms with E-state index in [1.54, 1.807) is 7.11 Å². The first-order valence-corrected chi connectivity index (χ1v) is 7.64. The van der Waals surface area contributed by atoms with Gasteiger partial charge in [0.15, 0.2) is 0 Å². The lowest BCUT2D eigenvalue weighted by atomic mass is 9.93. The highest BCUT2D eigenvalue weighted by molar-refractivity contribution is 5.32. The Morgan fingerprint density at radius 1 is 1.11 bits per heavy atom. The molecule has 0 aliphatic heterocycles. The van der Waals surface area contributed by atoms with E-state index < -0.39 is 0 Å². The summed E-state index contributed by atoms with van der Waals surface area (Å²) < 4.78 is 5.26. The third-order valence-electron chi connectivity index (χ3n) is 5.97. The van der Waals surface area contributed by atoms with Crippen molar-refractivity contribution in [3.05, 3.63) is 29.8 Å². The van der Waals surface area contributed by atoms with E-state index in [-0.39, 0.29) is 0 Å². The predicted molar refractivity (Wildman–Crippen MR) is 76.1 cm³/mol. The third kappa shape index (κ3) is 1.66. The van der Waals surface area contributed by atoms with E-state index in [1.165, 1.54) is 24.8 Å². The van der Waals surface area contributed by atoms with Gasteiger partial charge in [-0.3, -0.25) is 0 Å². The van der Waals surface area contributed by atoms with Gasteiger partial charge >= 0.3 is 0 Å². The largest absolute Gasteiger partial charge is 0.497 e. The summed E-state index contributed by atoms with van der Waals surface area (Å²) in [6.45, 7) is 0. The molecule has 0 radical (unpaired) electrons. The van der Waals surface area contributed by atoms with Crippen LogP contribution in [-0.4, -0.2) is 14.2 Å². The van der Waals surface area contributed by atoms with Crippen molar-refractivity contribution in [3.63, 3.8) is 0 Å². The zero-order valence-corrected chi connectivity index (χ0v) is 11.8. The molecule has 3 fully saturated rings. The molecule has 3 saturated carbocycles. The smallest absolute Gasteiger partial charge is 0.118 e. The van der Waals surface area contributed by atoms with Crippen molar-refractivity contribution >= 4 is 0 Å². The predicted octanol–water partition coefficient (Wildman–Crippen LogP) is 3.25. The highest BCUT2D eigenvalue weighted by atomic mass is 16.5. The van der Waals surface area contributed by atoms with Gasteiger partial charge in [0, 0.05) is 6.04 Å². The minimum absolute atomic E-state index is 0.546. The minimum Gasteiger partial charge on any atom is -0.497 e. The second-order valence-corrected chi connectivity index (χ2v) is 6.60. The molecule has 3 aliphatic carbocycles. The van der Waals surface area contributed by atoms with E-state index in [1.807, 2.05) is 0 Å². The number of rotatable bonds is 4. The molecule has 4 rings (SSSR count). The van der Waals surface area contributed by atoms with Gasteiger partial charge in [0.2, 0.25) is 0 Å². The summed E-state index contributed by atoms with van der Waals surface area (Å²) in [6.07, 6.45) is 4.54. The van der Waals surface area contributed by atoms with Gasteiger partial charge in [-0.15, -0.1) is 0 Å². The highest BCUT2D eigenvalue weighted by Gasteiger charge is 2.66. The number of ether oxygens (including phenoxy) is 1. The normalized spacial score (nSPS) is 40.0. The Balaban J connectivity index is 1.55. The molecular weight excluding hydrogens is 234 g/mol. The Labute approximate surface area is 115 Å². The van der Waals surface area contributed by atoms with Gasteiger partial charge in [0.25, 0.3) is 0 Å². The zero-order chi connectivity index (χ0) is 13.0.